The van der Waals surface area contributed by atoms with E-state index in [1.165, 1.54) is 6.92 Å². The third kappa shape index (κ3) is 7.10. The van der Waals surface area contributed by atoms with Gasteiger partial charge >= 0.3 is 11.9 Å². The molecule has 0 saturated carbocycles. The highest BCUT2D eigenvalue weighted by molar-refractivity contribution is 5.94. The summed E-state index contributed by atoms with van der Waals surface area (Å²) in [6, 6.07) is 6.28. The number of aliphatic carboxylic acids is 1. The number of unbranched alkanes of at least 4 members (excludes halogenated alkanes) is 2. The van der Waals surface area contributed by atoms with Gasteiger partial charge < -0.3 is 15.2 Å². The molecule has 0 saturated heterocycles. The molecule has 1 aromatic carbocycles. The molecular formula is C15H19NO5. The number of rotatable bonds is 8. The van der Waals surface area contributed by atoms with Gasteiger partial charge in [-0.25, -0.2) is 0 Å². The van der Waals surface area contributed by atoms with Crippen molar-refractivity contribution in [3.05, 3.63) is 29.8 Å². The molecule has 0 aromatic heterocycles. The summed E-state index contributed by atoms with van der Waals surface area (Å²) in [5.74, 6) is -1.02. The molecule has 21 heavy (non-hydrogen) atoms. The van der Waals surface area contributed by atoms with E-state index in [-0.39, 0.29) is 12.3 Å². The number of carboxylic acids is 1. The van der Waals surface area contributed by atoms with E-state index in [9.17, 15) is 14.4 Å². The maximum atomic E-state index is 11.8. The van der Waals surface area contributed by atoms with Gasteiger partial charge in [-0.15, -0.1) is 0 Å². The quantitative estimate of drug-likeness (QED) is 0.434. The van der Waals surface area contributed by atoms with Crippen molar-refractivity contribution in [3.63, 3.8) is 0 Å². The molecule has 1 amide bonds. The first kappa shape index (κ1) is 16.7. The SMILES string of the molecule is CC(=O)Oc1ccc(C(=O)NCCCCCC(=O)O)cc1. The number of nitrogens with one attached hydrogen (secondary N) is 1. The van der Waals surface area contributed by atoms with E-state index in [4.69, 9.17) is 9.84 Å². The standard InChI is InChI=1S/C15H19NO5/c1-11(17)21-13-8-6-12(7-9-13)15(20)16-10-4-2-3-5-14(18)19/h6-9H,2-5,10H2,1H3,(H,16,20)(H,18,19). The summed E-state index contributed by atoms with van der Waals surface area (Å²) in [4.78, 5) is 32.9. The monoisotopic (exact) mass is 293 g/mol. The van der Waals surface area contributed by atoms with Gasteiger partial charge in [0.25, 0.3) is 5.91 Å². The summed E-state index contributed by atoms with van der Waals surface area (Å²) in [7, 11) is 0. The Hall–Kier alpha value is -2.37. The molecule has 0 unspecified atom stereocenters. The van der Waals surface area contributed by atoms with Crippen molar-refractivity contribution < 1.29 is 24.2 Å². The number of hydrogen-bond acceptors (Lipinski definition) is 4. The van der Waals surface area contributed by atoms with E-state index < -0.39 is 11.9 Å². The molecule has 0 heterocycles. The average molecular weight is 293 g/mol. The van der Waals surface area contributed by atoms with Crippen LogP contribution in [0.1, 0.15) is 43.0 Å². The number of carbonyl (C=O) groups excluding carboxylic acids is 2. The predicted octanol–water partition coefficient (Wildman–Crippen LogP) is 1.99. The number of carbonyl (C=O) groups is 3. The van der Waals surface area contributed by atoms with E-state index in [0.29, 0.717) is 24.3 Å². The molecule has 6 nitrogen and oxygen atoms in total. The van der Waals surface area contributed by atoms with Gasteiger partial charge in [-0.2, -0.15) is 0 Å². The minimum absolute atomic E-state index is 0.158. The van der Waals surface area contributed by atoms with E-state index in [1.807, 2.05) is 0 Å². The van der Waals surface area contributed by atoms with Crippen LogP contribution in [0.25, 0.3) is 0 Å². The summed E-state index contributed by atoms with van der Waals surface area (Å²) in [6.07, 6.45) is 2.27. The summed E-state index contributed by atoms with van der Waals surface area (Å²) in [5, 5.41) is 11.2. The zero-order valence-corrected chi connectivity index (χ0v) is 11.9. The molecule has 0 fully saturated rings. The van der Waals surface area contributed by atoms with Crippen molar-refractivity contribution >= 4 is 17.8 Å². The van der Waals surface area contributed by atoms with E-state index in [2.05, 4.69) is 5.32 Å². The number of ether oxygens (including phenoxy) is 1. The van der Waals surface area contributed by atoms with E-state index in [1.54, 1.807) is 24.3 Å². The highest BCUT2D eigenvalue weighted by Crippen LogP contribution is 2.12. The van der Waals surface area contributed by atoms with Crippen molar-refractivity contribution in [2.45, 2.75) is 32.6 Å². The summed E-state index contributed by atoms with van der Waals surface area (Å²) >= 11 is 0. The first-order chi connectivity index (χ1) is 9.99. The normalized spacial score (nSPS) is 9.95. The summed E-state index contributed by atoms with van der Waals surface area (Å²) in [5.41, 5.74) is 0.483. The molecule has 0 radical (unpaired) electrons. The van der Waals surface area contributed by atoms with Crippen LogP contribution in [-0.2, 0) is 9.59 Å². The van der Waals surface area contributed by atoms with Crippen LogP contribution in [0.2, 0.25) is 0 Å². The molecule has 1 rings (SSSR count). The molecule has 1 aromatic rings. The van der Waals surface area contributed by atoms with Gasteiger partial charge in [-0.1, -0.05) is 6.42 Å². The molecule has 0 atom stereocenters. The zero-order chi connectivity index (χ0) is 15.7. The second-order valence-electron chi connectivity index (χ2n) is 4.58. The smallest absolute Gasteiger partial charge is 0.308 e. The lowest BCUT2D eigenvalue weighted by Crippen LogP contribution is -2.24. The molecular weight excluding hydrogens is 274 g/mol. The fourth-order valence-corrected chi connectivity index (χ4v) is 1.72. The lowest BCUT2D eigenvalue weighted by molar-refractivity contribution is -0.137. The van der Waals surface area contributed by atoms with E-state index in [0.717, 1.165) is 12.8 Å². The van der Waals surface area contributed by atoms with Crippen LogP contribution < -0.4 is 10.1 Å². The number of amides is 1. The van der Waals surface area contributed by atoms with Gasteiger partial charge in [-0.05, 0) is 37.1 Å². The maximum absolute atomic E-state index is 11.8. The summed E-state index contributed by atoms with van der Waals surface area (Å²) < 4.78 is 4.88. The third-order valence-electron chi connectivity index (χ3n) is 2.73. The van der Waals surface area contributed by atoms with Crippen LogP contribution in [0.5, 0.6) is 5.75 Å². The van der Waals surface area contributed by atoms with Crippen LogP contribution in [0.3, 0.4) is 0 Å². The van der Waals surface area contributed by atoms with Gasteiger partial charge in [0.2, 0.25) is 0 Å². The van der Waals surface area contributed by atoms with Gasteiger partial charge in [-0.3, -0.25) is 14.4 Å². The summed E-state index contributed by atoms with van der Waals surface area (Å²) in [6.45, 7) is 1.81. The fraction of sp³-hybridized carbons (Fsp3) is 0.400. The highest BCUT2D eigenvalue weighted by atomic mass is 16.5. The largest absolute Gasteiger partial charge is 0.481 e. The Balaban J connectivity index is 2.28. The van der Waals surface area contributed by atoms with Crippen molar-refractivity contribution in [2.75, 3.05) is 6.54 Å². The molecule has 0 aliphatic rings. The highest BCUT2D eigenvalue weighted by Gasteiger charge is 2.05. The van der Waals surface area contributed by atoms with Crippen LogP contribution in [0, 0.1) is 0 Å². The Morgan fingerprint density at radius 2 is 1.76 bits per heavy atom. The van der Waals surface area contributed by atoms with E-state index >= 15 is 0 Å². The fourth-order valence-electron chi connectivity index (χ4n) is 1.72. The number of hydrogen-bond donors (Lipinski definition) is 2. The predicted molar refractivity (Wildman–Crippen MR) is 76.2 cm³/mol. The Labute approximate surface area is 123 Å². The first-order valence-corrected chi connectivity index (χ1v) is 6.77. The molecule has 0 aliphatic carbocycles. The van der Waals surface area contributed by atoms with Crippen LogP contribution >= 0.6 is 0 Å². The van der Waals surface area contributed by atoms with Gasteiger partial charge in [0.1, 0.15) is 5.75 Å². The van der Waals surface area contributed by atoms with Crippen molar-refractivity contribution in [1.82, 2.24) is 5.32 Å². The second kappa shape index (κ2) is 8.73. The maximum Gasteiger partial charge on any atom is 0.308 e. The molecule has 0 spiro atoms. The van der Waals surface area contributed by atoms with Crippen LogP contribution in [0.4, 0.5) is 0 Å². The molecule has 2 N–H and O–H groups in total. The van der Waals surface area contributed by atoms with Gasteiger partial charge in [0, 0.05) is 25.5 Å². The molecule has 114 valence electrons. The number of carboxylic acid groups (broad SMARTS) is 1. The van der Waals surface area contributed by atoms with Crippen molar-refractivity contribution in [2.24, 2.45) is 0 Å². The molecule has 6 heteroatoms. The lowest BCUT2D eigenvalue weighted by atomic mass is 10.2. The van der Waals surface area contributed by atoms with Crippen LogP contribution in [0.15, 0.2) is 24.3 Å². The van der Waals surface area contributed by atoms with Crippen molar-refractivity contribution in [1.29, 1.82) is 0 Å². The van der Waals surface area contributed by atoms with Gasteiger partial charge in [0.15, 0.2) is 0 Å². The Kier molecular flexibility index (Phi) is 6.94. The van der Waals surface area contributed by atoms with Crippen molar-refractivity contribution in [3.8, 4) is 5.75 Å². The zero-order valence-electron chi connectivity index (χ0n) is 11.9. The topological polar surface area (TPSA) is 92.7 Å². The minimum atomic E-state index is -0.799. The second-order valence-corrected chi connectivity index (χ2v) is 4.58. The molecule has 0 bridgehead atoms. The Morgan fingerprint density at radius 3 is 2.33 bits per heavy atom. The Bertz CT molecular complexity index is 495. The molecule has 0 aliphatic heterocycles. The number of benzene rings is 1. The van der Waals surface area contributed by atoms with Gasteiger partial charge in [0.05, 0.1) is 0 Å². The average Bonchev–Trinajstić information content (AvgIpc) is 2.42. The first-order valence-electron chi connectivity index (χ1n) is 6.77. The van der Waals surface area contributed by atoms with Crippen LogP contribution in [-0.4, -0.2) is 29.5 Å². The third-order valence-corrected chi connectivity index (χ3v) is 2.73. The minimum Gasteiger partial charge on any atom is -0.481 e. The lowest BCUT2D eigenvalue weighted by Gasteiger charge is -2.06. The number of esters is 1. The Morgan fingerprint density at radius 1 is 1.10 bits per heavy atom.